The summed E-state index contributed by atoms with van der Waals surface area (Å²) in [6, 6.07) is 10.8. The topological polar surface area (TPSA) is 65.1 Å². The number of nitrogens with zero attached hydrogens (tertiary/aromatic N) is 1. The summed E-state index contributed by atoms with van der Waals surface area (Å²) in [4.78, 5) is 27.6. The van der Waals surface area contributed by atoms with Gasteiger partial charge >= 0.3 is 0 Å². The Labute approximate surface area is 177 Å². The number of hydrogen-bond donors (Lipinski definition) is 0. The molecular weight excluding hydrogens is 438 g/mol. The lowest BCUT2D eigenvalue weighted by Gasteiger charge is -2.44. The van der Waals surface area contributed by atoms with Gasteiger partial charge in [0.2, 0.25) is 0 Å². The number of methoxy groups -OCH3 is 2. The van der Waals surface area contributed by atoms with E-state index in [1.807, 2.05) is 29.2 Å². The Morgan fingerprint density at radius 2 is 1.86 bits per heavy atom. The first-order chi connectivity index (χ1) is 14.0. The minimum Gasteiger partial charge on any atom is -0.496 e. The van der Waals surface area contributed by atoms with E-state index in [2.05, 4.69) is 15.9 Å². The number of rotatable bonds is 3. The number of benzene rings is 2. The van der Waals surface area contributed by atoms with Gasteiger partial charge in [-0.1, -0.05) is 12.1 Å². The first kappa shape index (κ1) is 19.8. The number of carbonyl (C=O) groups is 2. The van der Waals surface area contributed by atoms with Crippen molar-refractivity contribution in [3.63, 3.8) is 0 Å². The van der Waals surface area contributed by atoms with Crippen molar-refractivity contribution >= 4 is 27.6 Å². The molecule has 1 fully saturated rings. The van der Waals surface area contributed by atoms with Gasteiger partial charge in [-0.15, -0.1) is 0 Å². The summed E-state index contributed by atoms with van der Waals surface area (Å²) in [5.74, 6) is 1.50. The molecule has 2 aromatic rings. The van der Waals surface area contributed by atoms with Gasteiger partial charge in [0, 0.05) is 42.5 Å². The Morgan fingerprint density at radius 1 is 1.14 bits per heavy atom. The number of carbonyl (C=O) groups excluding carboxylic acids is 2. The van der Waals surface area contributed by atoms with E-state index < -0.39 is 5.60 Å². The molecule has 0 N–H and O–H groups in total. The van der Waals surface area contributed by atoms with Crippen LogP contribution in [0.25, 0.3) is 0 Å². The van der Waals surface area contributed by atoms with Gasteiger partial charge in [0.1, 0.15) is 28.4 Å². The van der Waals surface area contributed by atoms with Crippen LogP contribution >= 0.6 is 15.9 Å². The number of ether oxygens (including phenoxy) is 3. The second kappa shape index (κ2) is 7.71. The molecule has 0 unspecified atom stereocenters. The van der Waals surface area contributed by atoms with Crippen molar-refractivity contribution in [2.45, 2.75) is 24.9 Å². The maximum absolute atomic E-state index is 12.9. The van der Waals surface area contributed by atoms with Crippen molar-refractivity contribution in [2.75, 3.05) is 27.3 Å². The van der Waals surface area contributed by atoms with Crippen LogP contribution in [0, 0.1) is 0 Å². The van der Waals surface area contributed by atoms with Crippen molar-refractivity contribution in [2.24, 2.45) is 0 Å². The predicted molar refractivity (Wildman–Crippen MR) is 111 cm³/mol. The van der Waals surface area contributed by atoms with Crippen LogP contribution in [0.2, 0.25) is 0 Å². The molecule has 2 aromatic carbocycles. The van der Waals surface area contributed by atoms with Crippen LogP contribution in [0.15, 0.2) is 40.9 Å². The fourth-order valence-corrected chi connectivity index (χ4v) is 4.51. The van der Waals surface area contributed by atoms with Crippen molar-refractivity contribution in [3.05, 3.63) is 52.0 Å². The number of amides is 1. The summed E-state index contributed by atoms with van der Waals surface area (Å²) in [6.45, 7) is 1.06. The molecule has 1 amide bonds. The minimum atomic E-state index is -0.605. The molecule has 0 bridgehead atoms. The molecule has 2 aliphatic rings. The molecule has 0 radical (unpaired) electrons. The van der Waals surface area contributed by atoms with E-state index in [4.69, 9.17) is 14.2 Å². The third kappa shape index (κ3) is 3.59. The molecule has 2 heterocycles. The van der Waals surface area contributed by atoms with Crippen LogP contribution in [-0.2, 0) is 0 Å². The average molecular weight is 460 g/mol. The maximum atomic E-state index is 12.9. The lowest BCUT2D eigenvalue weighted by Crippen LogP contribution is -2.52. The van der Waals surface area contributed by atoms with Crippen LogP contribution in [0.3, 0.4) is 0 Å². The van der Waals surface area contributed by atoms with Crippen molar-refractivity contribution in [3.8, 4) is 17.2 Å². The van der Waals surface area contributed by atoms with Gasteiger partial charge in [-0.25, -0.2) is 0 Å². The van der Waals surface area contributed by atoms with Gasteiger partial charge in [-0.05, 0) is 28.1 Å². The third-order valence-electron chi connectivity index (χ3n) is 5.65. The number of hydrogen-bond acceptors (Lipinski definition) is 5. The number of piperidine rings is 1. The fourth-order valence-electron chi connectivity index (χ4n) is 4.05. The fraction of sp³-hybridized carbons (Fsp3) is 0.364. The standard InChI is InChI=1S/C22H22BrNO5/c1-27-14-11-18(28-2)20-17(25)13-22(29-19(20)12-14)7-9-24(10-8-22)21(26)15-5-3-4-6-16(15)23/h3-6,11-12H,7-10,13H2,1-2H3. The predicted octanol–water partition coefficient (Wildman–Crippen LogP) is 4.11. The van der Waals surface area contributed by atoms with Crippen molar-refractivity contribution in [1.82, 2.24) is 4.90 Å². The Bertz CT molecular complexity index is 966. The minimum absolute atomic E-state index is 0.00339. The van der Waals surface area contributed by atoms with Crippen molar-refractivity contribution in [1.29, 1.82) is 0 Å². The summed E-state index contributed by atoms with van der Waals surface area (Å²) in [5, 5.41) is 0. The van der Waals surface area contributed by atoms with Gasteiger partial charge in [-0.3, -0.25) is 9.59 Å². The number of likely N-dealkylation sites (tertiary alicyclic amines) is 1. The molecule has 6 nitrogen and oxygen atoms in total. The summed E-state index contributed by atoms with van der Waals surface area (Å²) in [5.41, 5.74) is 0.501. The summed E-state index contributed by atoms with van der Waals surface area (Å²) in [7, 11) is 3.09. The molecule has 0 aliphatic carbocycles. The SMILES string of the molecule is COc1cc(OC)c2c(c1)OC1(CCN(C(=O)c3ccccc3Br)CC1)CC2=O. The zero-order chi connectivity index (χ0) is 20.6. The molecule has 1 saturated heterocycles. The van der Waals surface area contributed by atoms with Crippen LogP contribution in [0.5, 0.6) is 17.2 Å². The first-order valence-corrected chi connectivity index (χ1v) is 10.3. The van der Waals surface area contributed by atoms with Crippen LogP contribution in [0.1, 0.15) is 40.0 Å². The average Bonchev–Trinajstić information content (AvgIpc) is 2.73. The highest BCUT2D eigenvalue weighted by atomic mass is 79.9. The smallest absolute Gasteiger partial charge is 0.255 e. The summed E-state index contributed by atoms with van der Waals surface area (Å²) in [6.07, 6.45) is 1.46. The summed E-state index contributed by atoms with van der Waals surface area (Å²) < 4.78 is 17.8. The van der Waals surface area contributed by atoms with Gasteiger partial charge in [0.25, 0.3) is 5.91 Å². The van der Waals surface area contributed by atoms with Gasteiger partial charge in [0.15, 0.2) is 5.78 Å². The lowest BCUT2D eigenvalue weighted by molar-refractivity contribution is -0.00612. The molecule has 152 valence electrons. The van der Waals surface area contributed by atoms with E-state index in [-0.39, 0.29) is 18.1 Å². The quantitative estimate of drug-likeness (QED) is 0.690. The van der Waals surface area contributed by atoms with E-state index >= 15 is 0 Å². The Morgan fingerprint density at radius 3 is 2.52 bits per heavy atom. The van der Waals surface area contributed by atoms with Gasteiger partial charge in [-0.2, -0.15) is 0 Å². The molecule has 29 heavy (non-hydrogen) atoms. The largest absolute Gasteiger partial charge is 0.496 e. The Kier molecular flexibility index (Phi) is 5.25. The second-order valence-electron chi connectivity index (χ2n) is 7.36. The molecule has 7 heteroatoms. The first-order valence-electron chi connectivity index (χ1n) is 9.48. The Hall–Kier alpha value is -2.54. The van der Waals surface area contributed by atoms with Crippen LogP contribution in [0.4, 0.5) is 0 Å². The molecule has 0 saturated carbocycles. The van der Waals surface area contributed by atoms with E-state index in [1.54, 1.807) is 19.2 Å². The lowest BCUT2D eigenvalue weighted by atomic mass is 9.82. The number of ketones is 1. The zero-order valence-corrected chi connectivity index (χ0v) is 18.0. The number of Topliss-reactive ketones (excluding diaryl/α,β-unsaturated/α-hetero) is 1. The van der Waals surface area contributed by atoms with Gasteiger partial charge < -0.3 is 19.1 Å². The van der Waals surface area contributed by atoms with E-state index in [0.717, 1.165) is 4.47 Å². The highest BCUT2D eigenvalue weighted by molar-refractivity contribution is 9.10. The molecule has 2 aliphatic heterocycles. The molecule has 0 aromatic heterocycles. The number of halogens is 1. The highest BCUT2D eigenvalue weighted by Crippen LogP contribution is 2.44. The van der Waals surface area contributed by atoms with E-state index in [0.29, 0.717) is 54.3 Å². The van der Waals surface area contributed by atoms with Crippen LogP contribution < -0.4 is 14.2 Å². The Balaban J connectivity index is 1.54. The zero-order valence-electron chi connectivity index (χ0n) is 16.4. The molecule has 1 spiro atoms. The van der Waals surface area contributed by atoms with Crippen molar-refractivity contribution < 1.29 is 23.8 Å². The normalized spacial score (nSPS) is 17.5. The van der Waals surface area contributed by atoms with Crippen LogP contribution in [-0.4, -0.2) is 49.5 Å². The van der Waals surface area contributed by atoms with E-state index in [1.165, 1.54) is 7.11 Å². The van der Waals surface area contributed by atoms with E-state index in [9.17, 15) is 9.59 Å². The number of fused-ring (bicyclic) bond motifs is 1. The monoisotopic (exact) mass is 459 g/mol. The molecule has 4 rings (SSSR count). The molecule has 0 atom stereocenters. The second-order valence-corrected chi connectivity index (χ2v) is 8.21. The maximum Gasteiger partial charge on any atom is 0.255 e. The molecular formula is C22H22BrNO5. The summed E-state index contributed by atoms with van der Waals surface area (Å²) >= 11 is 3.45. The highest BCUT2D eigenvalue weighted by Gasteiger charge is 2.45. The third-order valence-corrected chi connectivity index (χ3v) is 6.34. The van der Waals surface area contributed by atoms with Gasteiger partial charge in [0.05, 0.1) is 26.2 Å².